The van der Waals surface area contributed by atoms with E-state index in [-0.39, 0.29) is 18.1 Å². The summed E-state index contributed by atoms with van der Waals surface area (Å²) in [6, 6.07) is 9.81. The summed E-state index contributed by atoms with van der Waals surface area (Å²) < 4.78 is 7.07. The van der Waals surface area contributed by atoms with E-state index in [0.29, 0.717) is 22.8 Å². The highest BCUT2D eigenvalue weighted by Gasteiger charge is 2.19. The molecule has 0 saturated heterocycles. The molecule has 0 aliphatic carbocycles. The number of para-hydroxylation sites is 2. The molecule has 0 amide bonds. The number of aromatic carboxylic acids is 1. The molecule has 0 bridgehead atoms. The van der Waals surface area contributed by atoms with Gasteiger partial charge in [-0.25, -0.2) is 9.78 Å². The number of rotatable bonds is 4. The molecule has 0 unspecified atom stereocenters. The van der Waals surface area contributed by atoms with Gasteiger partial charge in [-0.3, -0.25) is 4.40 Å². The molecule has 3 aromatic rings. The number of nitrogen functional groups attached to an aromatic ring is 1. The molecule has 112 valence electrons. The van der Waals surface area contributed by atoms with Crippen LogP contribution in [0.15, 0.2) is 42.6 Å². The van der Waals surface area contributed by atoms with Crippen molar-refractivity contribution in [3.63, 3.8) is 0 Å². The molecule has 1 aromatic carbocycles. The van der Waals surface area contributed by atoms with Crippen molar-refractivity contribution < 1.29 is 19.7 Å². The summed E-state index contributed by atoms with van der Waals surface area (Å²) in [5.41, 5.74) is 6.35. The van der Waals surface area contributed by atoms with Crippen molar-refractivity contribution in [1.82, 2.24) is 9.38 Å². The van der Waals surface area contributed by atoms with Crippen LogP contribution in [0.25, 0.3) is 5.52 Å². The van der Waals surface area contributed by atoms with Crippen molar-refractivity contribution >= 4 is 17.2 Å². The largest absolute Gasteiger partial charge is 0.504 e. The second-order valence-electron chi connectivity index (χ2n) is 4.62. The topological polar surface area (TPSA) is 110 Å². The third-order valence-electron chi connectivity index (χ3n) is 3.19. The standard InChI is InChI=1S/C15H13N3O4/c16-9-4-3-7-18-12(17-13(14(9)18)15(20)21)8-22-11-6-2-1-5-10(11)19/h1-7,19H,8,16H2,(H,20,21). The smallest absolute Gasteiger partial charge is 0.356 e. The van der Waals surface area contributed by atoms with Gasteiger partial charge in [0, 0.05) is 6.20 Å². The first-order valence-corrected chi connectivity index (χ1v) is 6.47. The zero-order chi connectivity index (χ0) is 15.7. The van der Waals surface area contributed by atoms with Crippen LogP contribution in [0.3, 0.4) is 0 Å². The fourth-order valence-electron chi connectivity index (χ4n) is 2.20. The lowest BCUT2D eigenvalue weighted by molar-refractivity contribution is 0.0693. The predicted molar refractivity (Wildman–Crippen MR) is 79.0 cm³/mol. The Labute approximate surface area is 125 Å². The molecule has 0 spiro atoms. The highest BCUT2D eigenvalue weighted by molar-refractivity contribution is 5.97. The fraction of sp³-hybridized carbons (Fsp3) is 0.0667. The lowest BCUT2D eigenvalue weighted by Gasteiger charge is -2.07. The Bertz CT molecular complexity index is 857. The van der Waals surface area contributed by atoms with Crippen LogP contribution in [0.2, 0.25) is 0 Å². The van der Waals surface area contributed by atoms with Gasteiger partial charge >= 0.3 is 5.97 Å². The lowest BCUT2D eigenvalue weighted by atomic mass is 10.3. The van der Waals surface area contributed by atoms with Crippen LogP contribution in [-0.2, 0) is 6.61 Å². The van der Waals surface area contributed by atoms with Crippen molar-refractivity contribution in [3.8, 4) is 11.5 Å². The Morgan fingerprint density at radius 2 is 2.05 bits per heavy atom. The Kier molecular flexibility index (Phi) is 3.30. The van der Waals surface area contributed by atoms with Gasteiger partial charge < -0.3 is 20.7 Å². The number of carbonyl (C=O) groups is 1. The minimum atomic E-state index is -1.16. The van der Waals surface area contributed by atoms with Gasteiger partial charge in [-0.05, 0) is 24.3 Å². The van der Waals surface area contributed by atoms with Crippen LogP contribution in [0.4, 0.5) is 5.69 Å². The number of nitrogens with zero attached hydrogens (tertiary/aromatic N) is 2. The lowest BCUT2D eigenvalue weighted by Crippen LogP contribution is -2.02. The molecule has 0 aliphatic rings. The van der Waals surface area contributed by atoms with Crippen LogP contribution in [0.5, 0.6) is 11.5 Å². The average Bonchev–Trinajstić information content (AvgIpc) is 2.87. The molecule has 3 rings (SSSR count). The predicted octanol–water partition coefficient (Wildman–Crippen LogP) is 1.90. The van der Waals surface area contributed by atoms with Crippen LogP contribution < -0.4 is 10.5 Å². The molecule has 0 radical (unpaired) electrons. The van der Waals surface area contributed by atoms with Gasteiger partial charge in [0.15, 0.2) is 23.0 Å². The normalized spacial score (nSPS) is 10.7. The quantitative estimate of drug-likeness (QED) is 0.678. The van der Waals surface area contributed by atoms with E-state index in [2.05, 4.69) is 4.98 Å². The molecule has 2 heterocycles. The molecule has 22 heavy (non-hydrogen) atoms. The molecule has 4 N–H and O–H groups in total. The first kappa shape index (κ1) is 13.7. The van der Waals surface area contributed by atoms with Crippen LogP contribution >= 0.6 is 0 Å². The monoisotopic (exact) mass is 299 g/mol. The number of anilines is 1. The Morgan fingerprint density at radius 1 is 1.27 bits per heavy atom. The number of fused-ring (bicyclic) bond motifs is 1. The summed E-state index contributed by atoms with van der Waals surface area (Å²) in [6.07, 6.45) is 1.66. The van der Waals surface area contributed by atoms with E-state index >= 15 is 0 Å². The molecule has 0 aliphatic heterocycles. The number of hydrogen-bond donors (Lipinski definition) is 3. The number of hydrogen-bond acceptors (Lipinski definition) is 5. The third-order valence-corrected chi connectivity index (χ3v) is 3.19. The first-order chi connectivity index (χ1) is 10.6. The number of aromatic hydroxyl groups is 1. The maximum absolute atomic E-state index is 11.3. The summed E-state index contributed by atoms with van der Waals surface area (Å²) in [6.45, 7) is -0.00449. The highest BCUT2D eigenvalue weighted by Crippen LogP contribution is 2.26. The van der Waals surface area contributed by atoms with Crippen LogP contribution in [0.1, 0.15) is 16.3 Å². The van der Waals surface area contributed by atoms with E-state index in [1.165, 1.54) is 6.07 Å². The number of carboxylic acid groups (broad SMARTS) is 1. The highest BCUT2D eigenvalue weighted by atomic mass is 16.5. The SMILES string of the molecule is Nc1cccn2c(COc3ccccc3O)nc(C(=O)O)c12. The van der Waals surface area contributed by atoms with Crippen molar-refractivity contribution in [2.45, 2.75) is 6.61 Å². The van der Waals surface area contributed by atoms with Crippen LogP contribution in [-0.4, -0.2) is 25.6 Å². The van der Waals surface area contributed by atoms with Gasteiger partial charge in [-0.15, -0.1) is 0 Å². The summed E-state index contributed by atoms with van der Waals surface area (Å²) >= 11 is 0. The Balaban J connectivity index is 2.00. The van der Waals surface area contributed by atoms with Gasteiger partial charge in [0.2, 0.25) is 0 Å². The Hall–Kier alpha value is -3.22. The van der Waals surface area contributed by atoms with Crippen molar-refractivity contribution in [2.75, 3.05) is 5.73 Å². The van der Waals surface area contributed by atoms with E-state index in [0.717, 1.165) is 0 Å². The van der Waals surface area contributed by atoms with Gasteiger partial charge in [0.25, 0.3) is 0 Å². The summed E-state index contributed by atoms with van der Waals surface area (Å²) in [4.78, 5) is 15.4. The fourth-order valence-corrected chi connectivity index (χ4v) is 2.20. The first-order valence-electron chi connectivity index (χ1n) is 6.47. The molecule has 2 aromatic heterocycles. The van der Waals surface area contributed by atoms with Crippen molar-refractivity contribution in [2.24, 2.45) is 0 Å². The number of nitrogens with two attached hydrogens (primary N) is 1. The minimum absolute atomic E-state index is 0.00123. The van der Waals surface area contributed by atoms with Crippen molar-refractivity contribution in [1.29, 1.82) is 0 Å². The molecular formula is C15H13N3O4. The van der Waals surface area contributed by atoms with Gasteiger partial charge in [0.05, 0.1) is 5.69 Å². The van der Waals surface area contributed by atoms with Gasteiger partial charge in [0.1, 0.15) is 12.1 Å². The average molecular weight is 299 g/mol. The maximum Gasteiger partial charge on any atom is 0.356 e. The summed E-state index contributed by atoms with van der Waals surface area (Å²) in [7, 11) is 0. The molecule has 7 heteroatoms. The van der Waals surface area contributed by atoms with E-state index in [4.69, 9.17) is 10.5 Å². The maximum atomic E-state index is 11.3. The van der Waals surface area contributed by atoms with Crippen LogP contribution in [0, 0.1) is 0 Å². The number of ether oxygens (including phenoxy) is 1. The number of aromatic nitrogens is 2. The van der Waals surface area contributed by atoms with E-state index in [1.807, 2.05) is 0 Å². The summed E-state index contributed by atoms with van der Waals surface area (Å²) in [5.74, 6) is -0.492. The van der Waals surface area contributed by atoms with Gasteiger partial charge in [-0.2, -0.15) is 0 Å². The Morgan fingerprint density at radius 3 is 2.77 bits per heavy atom. The molecule has 0 atom stereocenters. The van der Waals surface area contributed by atoms with E-state index < -0.39 is 5.97 Å². The number of benzene rings is 1. The molecule has 7 nitrogen and oxygen atoms in total. The molecule has 0 fully saturated rings. The van der Waals surface area contributed by atoms with Crippen molar-refractivity contribution in [3.05, 3.63) is 54.1 Å². The third kappa shape index (κ3) is 2.28. The number of imidazole rings is 1. The molecular weight excluding hydrogens is 286 g/mol. The van der Waals surface area contributed by atoms with E-state index in [1.54, 1.807) is 40.9 Å². The molecule has 0 saturated carbocycles. The number of phenolic OH excluding ortho intramolecular Hbond substituents is 1. The minimum Gasteiger partial charge on any atom is -0.504 e. The zero-order valence-electron chi connectivity index (χ0n) is 11.4. The summed E-state index contributed by atoms with van der Waals surface area (Å²) in [5, 5.41) is 18.9. The van der Waals surface area contributed by atoms with Gasteiger partial charge in [-0.1, -0.05) is 12.1 Å². The number of carboxylic acids is 1. The number of pyridine rings is 1. The second kappa shape index (κ2) is 5.28. The second-order valence-corrected chi connectivity index (χ2v) is 4.62. The number of phenols is 1. The zero-order valence-corrected chi connectivity index (χ0v) is 11.4. The van der Waals surface area contributed by atoms with E-state index in [9.17, 15) is 15.0 Å².